The molecule has 0 saturated carbocycles. The summed E-state index contributed by atoms with van der Waals surface area (Å²) in [5.74, 6) is 1.42. The van der Waals surface area contributed by atoms with E-state index in [1.807, 2.05) is 18.2 Å². The van der Waals surface area contributed by atoms with Crippen molar-refractivity contribution in [3.63, 3.8) is 0 Å². The molecular weight excluding hydrogens is 266 g/mol. The standard InChI is InChI=1S/C14H20ClNO3/c1-17-9-7-16-11-12-4-5-13(14(10-12)18-2)19-8-3-6-15/h3-6,10,16H,7-9,11H2,1-2H3. The van der Waals surface area contributed by atoms with E-state index in [0.29, 0.717) is 24.7 Å². The largest absolute Gasteiger partial charge is 0.493 e. The topological polar surface area (TPSA) is 39.7 Å². The molecule has 0 aromatic heterocycles. The van der Waals surface area contributed by atoms with E-state index in [4.69, 9.17) is 25.8 Å². The van der Waals surface area contributed by atoms with Gasteiger partial charge in [-0.05, 0) is 23.8 Å². The Balaban J connectivity index is 2.56. The molecule has 1 N–H and O–H groups in total. The highest BCUT2D eigenvalue weighted by atomic mass is 35.5. The Hall–Kier alpha value is -1.23. The maximum atomic E-state index is 5.53. The fourth-order valence-electron chi connectivity index (χ4n) is 1.52. The summed E-state index contributed by atoms with van der Waals surface area (Å²) in [4.78, 5) is 0. The van der Waals surface area contributed by atoms with Crippen LogP contribution in [-0.2, 0) is 11.3 Å². The van der Waals surface area contributed by atoms with Crippen LogP contribution in [0.4, 0.5) is 0 Å². The van der Waals surface area contributed by atoms with E-state index in [0.717, 1.165) is 18.7 Å². The van der Waals surface area contributed by atoms with Crippen LogP contribution in [0.2, 0.25) is 0 Å². The van der Waals surface area contributed by atoms with Gasteiger partial charge in [-0.15, -0.1) is 0 Å². The molecule has 0 heterocycles. The normalized spacial score (nSPS) is 10.9. The minimum Gasteiger partial charge on any atom is -0.493 e. The molecule has 0 aliphatic heterocycles. The lowest BCUT2D eigenvalue weighted by Gasteiger charge is -2.11. The van der Waals surface area contributed by atoms with Crippen molar-refractivity contribution in [2.75, 3.05) is 34.0 Å². The summed E-state index contributed by atoms with van der Waals surface area (Å²) in [5, 5.41) is 3.28. The Morgan fingerprint density at radius 3 is 2.79 bits per heavy atom. The van der Waals surface area contributed by atoms with Crippen LogP contribution in [0.5, 0.6) is 11.5 Å². The van der Waals surface area contributed by atoms with Crippen molar-refractivity contribution in [2.24, 2.45) is 0 Å². The first-order valence-corrected chi connectivity index (χ1v) is 6.50. The number of ether oxygens (including phenoxy) is 3. The highest BCUT2D eigenvalue weighted by Gasteiger charge is 2.05. The molecule has 0 aliphatic rings. The molecule has 0 aliphatic carbocycles. The minimum absolute atomic E-state index is 0.422. The number of benzene rings is 1. The van der Waals surface area contributed by atoms with Crippen LogP contribution in [0.25, 0.3) is 0 Å². The zero-order chi connectivity index (χ0) is 13.9. The Kier molecular flexibility index (Phi) is 8.05. The van der Waals surface area contributed by atoms with E-state index in [2.05, 4.69) is 5.32 Å². The third-order valence-electron chi connectivity index (χ3n) is 2.46. The van der Waals surface area contributed by atoms with Gasteiger partial charge in [-0.2, -0.15) is 0 Å². The van der Waals surface area contributed by atoms with E-state index < -0.39 is 0 Å². The first kappa shape index (κ1) is 15.8. The van der Waals surface area contributed by atoms with Gasteiger partial charge in [0.05, 0.1) is 13.7 Å². The summed E-state index contributed by atoms with van der Waals surface area (Å²) < 4.78 is 15.8. The number of methoxy groups -OCH3 is 2. The molecule has 0 radical (unpaired) electrons. The van der Waals surface area contributed by atoms with Crippen LogP contribution in [-0.4, -0.2) is 34.0 Å². The van der Waals surface area contributed by atoms with Crippen LogP contribution in [0, 0.1) is 0 Å². The third-order valence-corrected chi connectivity index (χ3v) is 2.64. The monoisotopic (exact) mass is 285 g/mol. The number of rotatable bonds is 9. The fourth-order valence-corrected chi connectivity index (χ4v) is 1.60. The number of hydrogen-bond acceptors (Lipinski definition) is 4. The molecule has 0 bridgehead atoms. The number of halogens is 1. The summed E-state index contributed by atoms with van der Waals surface area (Å²) in [6, 6.07) is 5.86. The molecular formula is C14H20ClNO3. The molecule has 5 heteroatoms. The number of hydrogen-bond donors (Lipinski definition) is 1. The molecule has 1 rings (SSSR count). The van der Waals surface area contributed by atoms with Gasteiger partial charge in [0.15, 0.2) is 11.5 Å². The Bertz CT molecular complexity index is 396. The van der Waals surface area contributed by atoms with Crippen LogP contribution in [0.1, 0.15) is 5.56 Å². The molecule has 1 aromatic carbocycles. The second kappa shape index (κ2) is 9.67. The second-order valence-corrected chi connectivity index (χ2v) is 4.08. The second-order valence-electron chi connectivity index (χ2n) is 3.83. The number of nitrogens with one attached hydrogen (secondary N) is 1. The summed E-state index contributed by atoms with van der Waals surface area (Å²) >= 11 is 5.44. The molecule has 0 spiro atoms. The van der Waals surface area contributed by atoms with Crippen LogP contribution >= 0.6 is 11.6 Å². The lowest BCUT2D eigenvalue weighted by atomic mass is 10.2. The quantitative estimate of drug-likeness (QED) is 0.708. The summed E-state index contributed by atoms with van der Waals surface area (Å²) in [5.41, 5.74) is 2.56. The molecule has 19 heavy (non-hydrogen) atoms. The van der Waals surface area contributed by atoms with E-state index in [1.165, 1.54) is 5.54 Å². The first-order valence-electron chi connectivity index (χ1n) is 6.06. The van der Waals surface area contributed by atoms with Crippen molar-refractivity contribution in [1.29, 1.82) is 0 Å². The zero-order valence-electron chi connectivity index (χ0n) is 11.3. The van der Waals surface area contributed by atoms with Gasteiger partial charge in [0.2, 0.25) is 0 Å². The van der Waals surface area contributed by atoms with Gasteiger partial charge in [-0.3, -0.25) is 0 Å². The smallest absolute Gasteiger partial charge is 0.161 e. The van der Waals surface area contributed by atoms with Crippen LogP contribution in [0.3, 0.4) is 0 Å². The van der Waals surface area contributed by atoms with E-state index >= 15 is 0 Å². The maximum Gasteiger partial charge on any atom is 0.161 e. The zero-order valence-corrected chi connectivity index (χ0v) is 12.1. The van der Waals surface area contributed by atoms with E-state index in [-0.39, 0.29) is 0 Å². The van der Waals surface area contributed by atoms with Gasteiger partial charge in [0, 0.05) is 25.7 Å². The maximum absolute atomic E-state index is 5.53. The molecule has 0 saturated heterocycles. The van der Waals surface area contributed by atoms with Crippen LogP contribution < -0.4 is 14.8 Å². The van der Waals surface area contributed by atoms with Gasteiger partial charge in [0.1, 0.15) is 6.61 Å². The fraction of sp³-hybridized carbons (Fsp3) is 0.429. The van der Waals surface area contributed by atoms with Gasteiger partial charge in [0.25, 0.3) is 0 Å². The molecule has 0 atom stereocenters. The Morgan fingerprint density at radius 2 is 2.11 bits per heavy atom. The average Bonchev–Trinajstić information content (AvgIpc) is 2.45. The predicted molar refractivity (Wildman–Crippen MR) is 77.1 cm³/mol. The van der Waals surface area contributed by atoms with Crippen molar-refractivity contribution in [3.8, 4) is 11.5 Å². The predicted octanol–water partition coefficient (Wildman–Crippen LogP) is 2.56. The van der Waals surface area contributed by atoms with Crippen molar-refractivity contribution in [3.05, 3.63) is 35.4 Å². The Morgan fingerprint density at radius 1 is 1.26 bits per heavy atom. The van der Waals surface area contributed by atoms with Gasteiger partial charge >= 0.3 is 0 Å². The molecule has 1 aromatic rings. The summed E-state index contributed by atoms with van der Waals surface area (Å²) in [7, 11) is 3.31. The first-order chi connectivity index (χ1) is 9.31. The lowest BCUT2D eigenvalue weighted by molar-refractivity contribution is 0.199. The van der Waals surface area contributed by atoms with E-state index in [9.17, 15) is 0 Å². The molecule has 0 unspecified atom stereocenters. The molecule has 0 fully saturated rings. The highest BCUT2D eigenvalue weighted by molar-refractivity contribution is 6.25. The highest BCUT2D eigenvalue weighted by Crippen LogP contribution is 2.28. The summed E-state index contributed by atoms with van der Waals surface area (Å²) in [6.45, 7) is 2.70. The average molecular weight is 286 g/mol. The van der Waals surface area contributed by atoms with Crippen molar-refractivity contribution < 1.29 is 14.2 Å². The van der Waals surface area contributed by atoms with Crippen molar-refractivity contribution in [2.45, 2.75) is 6.54 Å². The lowest BCUT2D eigenvalue weighted by Crippen LogP contribution is -2.18. The SMILES string of the molecule is COCCNCc1ccc(OCC=CCl)c(OC)c1. The van der Waals surface area contributed by atoms with Crippen molar-refractivity contribution in [1.82, 2.24) is 5.32 Å². The minimum atomic E-state index is 0.422. The van der Waals surface area contributed by atoms with E-state index in [1.54, 1.807) is 20.3 Å². The van der Waals surface area contributed by atoms with Gasteiger partial charge < -0.3 is 19.5 Å². The summed E-state index contributed by atoms with van der Waals surface area (Å²) in [6.07, 6.45) is 1.72. The van der Waals surface area contributed by atoms with Crippen molar-refractivity contribution >= 4 is 11.6 Å². The third kappa shape index (κ3) is 5.96. The molecule has 4 nitrogen and oxygen atoms in total. The van der Waals surface area contributed by atoms with Gasteiger partial charge in [-0.25, -0.2) is 0 Å². The molecule has 106 valence electrons. The van der Waals surface area contributed by atoms with Gasteiger partial charge in [-0.1, -0.05) is 17.7 Å². The van der Waals surface area contributed by atoms with Crippen LogP contribution in [0.15, 0.2) is 29.8 Å². The Labute approximate surface area is 119 Å². The molecule has 0 amide bonds.